The van der Waals surface area contributed by atoms with Crippen LogP contribution in [-0.4, -0.2) is 37.3 Å². The third-order valence-electron chi connectivity index (χ3n) is 4.79. The molecule has 1 unspecified atom stereocenters. The van der Waals surface area contributed by atoms with Crippen LogP contribution < -0.4 is 10.1 Å². The van der Waals surface area contributed by atoms with Crippen LogP contribution in [-0.2, 0) is 4.74 Å². The van der Waals surface area contributed by atoms with E-state index in [0.717, 1.165) is 54.6 Å². The van der Waals surface area contributed by atoms with Gasteiger partial charge in [0.2, 0.25) is 0 Å². The number of benzene rings is 1. The van der Waals surface area contributed by atoms with Gasteiger partial charge in [0.15, 0.2) is 0 Å². The van der Waals surface area contributed by atoms with E-state index in [1.165, 1.54) is 0 Å². The summed E-state index contributed by atoms with van der Waals surface area (Å²) in [7, 11) is 1.63. The number of amides is 1. The van der Waals surface area contributed by atoms with E-state index in [4.69, 9.17) is 14.5 Å². The summed E-state index contributed by atoms with van der Waals surface area (Å²) in [4.78, 5) is 17.5. The van der Waals surface area contributed by atoms with Crippen LogP contribution in [0.5, 0.6) is 5.75 Å². The minimum absolute atomic E-state index is 0.0620. The zero-order valence-corrected chi connectivity index (χ0v) is 13.9. The second-order valence-electron chi connectivity index (χ2n) is 6.60. The van der Waals surface area contributed by atoms with E-state index in [1.54, 1.807) is 7.11 Å². The van der Waals surface area contributed by atoms with Gasteiger partial charge in [0, 0.05) is 30.1 Å². The van der Waals surface area contributed by atoms with Crippen molar-refractivity contribution in [2.45, 2.75) is 37.7 Å². The Morgan fingerprint density at radius 2 is 2.21 bits per heavy atom. The topological polar surface area (TPSA) is 60.5 Å². The van der Waals surface area contributed by atoms with Crippen molar-refractivity contribution < 1.29 is 14.3 Å². The van der Waals surface area contributed by atoms with Crippen molar-refractivity contribution in [1.82, 2.24) is 10.3 Å². The quantitative estimate of drug-likeness (QED) is 0.917. The largest absolute Gasteiger partial charge is 0.497 e. The smallest absolute Gasteiger partial charge is 0.252 e. The Morgan fingerprint density at radius 3 is 2.92 bits per heavy atom. The molecule has 126 valence electrons. The number of nitrogens with one attached hydrogen (secondary N) is 1. The lowest BCUT2D eigenvalue weighted by Crippen LogP contribution is -2.32. The van der Waals surface area contributed by atoms with Crippen LogP contribution in [0.3, 0.4) is 0 Å². The fourth-order valence-corrected chi connectivity index (χ4v) is 3.24. The molecule has 1 aliphatic carbocycles. The lowest BCUT2D eigenvalue weighted by Gasteiger charge is -2.13. The molecule has 0 bridgehead atoms. The summed E-state index contributed by atoms with van der Waals surface area (Å²) < 4.78 is 10.9. The number of methoxy groups -OCH3 is 1. The van der Waals surface area contributed by atoms with Crippen LogP contribution in [0.25, 0.3) is 10.9 Å². The van der Waals surface area contributed by atoms with Gasteiger partial charge in [-0.2, -0.15) is 0 Å². The van der Waals surface area contributed by atoms with Gasteiger partial charge in [-0.3, -0.25) is 9.78 Å². The minimum Gasteiger partial charge on any atom is -0.497 e. The second-order valence-corrected chi connectivity index (χ2v) is 6.60. The highest BCUT2D eigenvalue weighted by atomic mass is 16.5. The normalized spacial score (nSPS) is 20.3. The maximum Gasteiger partial charge on any atom is 0.252 e. The number of pyridine rings is 1. The first kappa shape index (κ1) is 15.4. The van der Waals surface area contributed by atoms with Crippen molar-refractivity contribution in [3.63, 3.8) is 0 Å². The average molecular weight is 326 g/mol. The van der Waals surface area contributed by atoms with Gasteiger partial charge in [-0.15, -0.1) is 0 Å². The van der Waals surface area contributed by atoms with Crippen LogP contribution in [0.15, 0.2) is 24.3 Å². The number of aromatic nitrogens is 1. The van der Waals surface area contributed by atoms with Crippen molar-refractivity contribution in [1.29, 1.82) is 0 Å². The van der Waals surface area contributed by atoms with Crippen LogP contribution >= 0.6 is 0 Å². The first-order valence-corrected chi connectivity index (χ1v) is 8.63. The summed E-state index contributed by atoms with van der Waals surface area (Å²) in [5.41, 5.74) is 2.55. The molecule has 1 saturated heterocycles. The molecule has 1 atom stereocenters. The molecule has 2 aliphatic rings. The van der Waals surface area contributed by atoms with Gasteiger partial charge >= 0.3 is 0 Å². The first-order valence-electron chi connectivity index (χ1n) is 8.63. The molecule has 1 N–H and O–H groups in total. The van der Waals surface area contributed by atoms with Gasteiger partial charge in [-0.25, -0.2) is 0 Å². The number of fused-ring (bicyclic) bond motifs is 1. The number of carbonyl (C=O) groups is 1. The van der Waals surface area contributed by atoms with Crippen LogP contribution in [0.4, 0.5) is 0 Å². The van der Waals surface area contributed by atoms with Crippen molar-refractivity contribution >= 4 is 16.8 Å². The molecule has 5 heteroatoms. The molecule has 0 spiro atoms. The molecular weight excluding hydrogens is 304 g/mol. The molecule has 4 rings (SSSR count). The number of hydrogen-bond donors (Lipinski definition) is 1. The summed E-state index contributed by atoms with van der Waals surface area (Å²) in [5, 5.41) is 3.86. The van der Waals surface area contributed by atoms with Gasteiger partial charge in [-0.1, -0.05) is 0 Å². The molecule has 1 amide bonds. The molecular formula is C19H22N2O3. The summed E-state index contributed by atoms with van der Waals surface area (Å²) in [6.07, 6.45) is 4.54. The third-order valence-corrected chi connectivity index (χ3v) is 4.79. The Kier molecular flexibility index (Phi) is 4.10. The Hall–Kier alpha value is -2.14. The SMILES string of the molecule is COc1ccc2nc(C3CC3)cc(C(=O)NCC3CCCO3)c2c1. The number of hydrogen-bond acceptors (Lipinski definition) is 4. The van der Waals surface area contributed by atoms with E-state index in [2.05, 4.69) is 5.32 Å². The summed E-state index contributed by atoms with van der Waals surface area (Å²) in [6, 6.07) is 7.65. The molecule has 1 aromatic carbocycles. The van der Waals surface area contributed by atoms with E-state index in [0.29, 0.717) is 18.0 Å². The van der Waals surface area contributed by atoms with Gasteiger partial charge in [0.25, 0.3) is 5.91 Å². The second kappa shape index (κ2) is 6.40. The standard InChI is InChI=1S/C19H22N2O3/c1-23-13-6-7-17-15(9-13)16(10-18(21-17)12-4-5-12)19(22)20-11-14-3-2-8-24-14/h6-7,9-10,12,14H,2-5,8,11H2,1H3,(H,20,22). The van der Waals surface area contributed by atoms with Crippen molar-refractivity contribution in [2.24, 2.45) is 0 Å². The van der Waals surface area contributed by atoms with E-state index >= 15 is 0 Å². The maximum atomic E-state index is 12.8. The fraction of sp³-hybridized carbons (Fsp3) is 0.474. The molecule has 5 nitrogen and oxygen atoms in total. The Morgan fingerprint density at radius 1 is 1.33 bits per heavy atom. The predicted octanol–water partition coefficient (Wildman–Crippen LogP) is 3.03. The molecule has 2 heterocycles. The monoisotopic (exact) mass is 326 g/mol. The van der Waals surface area contributed by atoms with Gasteiger partial charge in [-0.05, 0) is 49.9 Å². The Bertz CT molecular complexity index is 765. The lowest BCUT2D eigenvalue weighted by atomic mass is 10.0. The van der Waals surface area contributed by atoms with E-state index in [9.17, 15) is 4.79 Å². The van der Waals surface area contributed by atoms with E-state index in [-0.39, 0.29) is 12.0 Å². The molecule has 24 heavy (non-hydrogen) atoms. The van der Waals surface area contributed by atoms with Gasteiger partial charge in [0.1, 0.15) is 5.75 Å². The lowest BCUT2D eigenvalue weighted by molar-refractivity contribution is 0.0859. The van der Waals surface area contributed by atoms with Crippen LogP contribution in [0.1, 0.15) is 47.7 Å². The Balaban J connectivity index is 1.66. The molecule has 2 fully saturated rings. The number of nitrogens with zero attached hydrogens (tertiary/aromatic N) is 1. The van der Waals surface area contributed by atoms with Crippen LogP contribution in [0.2, 0.25) is 0 Å². The van der Waals surface area contributed by atoms with Crippen molar-refractivity contribution in [2.75, 3.05) is 20.3 Å². The third kappa shape index (κ3) is 3.08. The zero-order valence-electron chi connectivity index (χ0n) is 13.9. The Labute approximate surface area is 141 Å². The number of ether oxygens (including phenoxy) is 2. The van der Waals surface area contributed by atoms with Crippen LogP contribution in [0, 0.1) is 0 Å². The predicted molar refractivity (Wildman–Crippen MR) is 91.6 cm³/mol. The van der Waals surface area contributed by atoms with Crippen molar-refractivity contribution in [3.05, 3.63) is 35.5 Å². The van der Waals surface area contributed by atoms with Gasteiger partial charge in [0.05, 0.1) is 24.3 Å². The van der Waals surface area contributed by atoms with E-state index < -0.39 is 0 Å². The zero-order chi connectivity index (χ0) is 16.5. The average Bonchev–Trinajstić information content (AvgIpc) is 3.34. The highest BCUT2D eigenvalue weighted by Gasteiger charge is 2.27. The maximum absolute atomic E-state index is 12.8. The van der Waals surface area contributed by atoms with E-state index in [1.807, 2.05) is 24.3 Å². The number of carbonyl (C=O) groups excluding carboxylic acids is 1. The molecule has 1 saturated carbocycles. The molecule has 2 aromatic rings. The minimum atomic E-state index is -0.0620. The highest BCUT2D eigenvalue weighted by molar-refractivity contribution is 6.06. The van der Waals surface area contributed by atoms with Crippen molar-refractivity contribution in [3.8, 4) is 5.75 Å². The summed E-state index contributed by atoms with van der Waals surface area (Å²) >= 11 is 0. The molecule has 1 aliphatic heterocycles. The fourth-order valence-electron chi connectivity index (χ4n) is 3.24. The van der Waals surface area contributed by atoms with Gasteiger partial charge < -0.3 is 14.8 Å². The number of rotatable bonds is 5. The first-order chi connectivity index (χ1) is 11.7. The molecule has 1 aromatic heterocycles. The summed E-state index contributed by atoms with van der Waals surface area (Å²) in [6.45, 7) is 1.35. The summed E-state index contributed by atoms with van der Waals surface area (Å²) in [5.74, 6) is 1.17. The highest BCUT2D eigenvalue weighted by Crippen LogP contribution is 2.40. The molecule has 0 radical (unpaired) electrons.